The van der Waals surface area contributed by atoms with E-state index in [0.29, 0.717) is 0 Å². The Morgan fingerprint density at radius 3 is 0.784 bits per heavy atom. The molecule has 0 aromatic heterocycles. The van der Waals surface area contributed by atoms with Crippen LogP contribution in [-0.2, 0) is 0 Å². The van der Waals surface area contributed by atoms with Crippen LogP contribution in [-0.4, -0.2) is 10.7 Å². The molecule has 0 bridgehead atoms. The molecular formula is C50H84O. The van der Waals surface area contributed by atoms with E-state index < -0.39 is 5.60 Å². The van der Waals surface area contributed by atoms with E-state index in [0.717, 1.165) is 77.0 Å². The molecule has 0 amide bonds. The third kappa shape index (κ3) is 34.5. The van der Waals surface area contributed by atoms with Gasteiger partial charge in [-0.3, -0.25) is 0 Å². The van der Waals surface area contributed by atoms with Gasteiger partial charge in [0.2, 0.25) is 0 Å². The summed E-state index contributed by atoms with van der Waals surface area (Å²) in [5, 5.41) is 9.88. The first-order valence-electron chi connectivity index (χ1n) is 20.7. The van der Waals surface area contributed by atoms with Gasteiger partial charge in [-0.2, -0.15) is 0 Å². The highest BCUT2D eigenvalue weighted by Gasteiger charge is 2.11. The molecule has 0 aromatic rings. The Hall–Kier alpha value is -2.38. The standard InChI is InChI=1S/C50H84O/c1-41(2)23-15-26-44(5)29-18-32-47(8)35-19-33-45(6)30-16-27-42(3)24-13-14-25-43(4)28-17-31-46(7)34-20-36-48(9)37-21-38-49(10)39-22-40-50(11,12)51/h23-25,29-31,35-36,38,51H,13-22,26-28,32-34,37,39-40H2,1-12H3/b42-24+,43-25+,44-29+,45-30+,46-31+,47-35+,48-36+,49-38+. The van der Waals surface area contributed by atoms with Gasteiger partial charge in [-0.1, -0.05) is 105 Å². The van der Waals surface area contributed by atoms with Crippen molar-refractivity contribution in [2.75, 3.05) is 0 Å². The Morgan fingerprint density at radius 1 is 0.333 bits per heavy atom. The minimum absolute atomic E-state index is 0.544. The average molecular weight is 701 g/mol. The molecule has 290 valence electrons. The summed E-state index contributed by atoms with van der Waals surface area (Å²) < 4.78 is 0. The fourth-order valence-corrected chi connectivity index (χ4v) is 6.14. The minimum Gasteiger partial charge on any atom is -0.390 e. The van der Waals surface area contributed by atoms with Crippen molar-refractivity contribution in [2.24, 2.45) is 0 Å². The normalized spacial score (nSPS) is 14.8. The number of hydrogen-bond donors (Lipinski definition) is 1. The van der Waals surface area contributed by atoms with Gasteiger partial charge in [0, 0.05) is 0 Å². The van der Waals surface area contributed by atoms with Crippen molar-refractivity contribution < 1.29 is 5.11 Å². The van der Waals surface area contributed by atoms with Gasteiger partial charge < -0.3 is 5.11 Å². The van der Waals surface area contributed by atoms with E-state index in [1.807, 2.05) is 13.8 Å². The van der Waals surface area contributed by atoms with Crippen molar-refractivity contribution >= 4 is 0 Å². The van der Waals surface area contributed by atoms with Crippen LogP contribution in [0.4, 0.5) is 0 Å². The summed E-state index contributed by atoms with van der Waals surface area (Å²) in [5.74, 6) is 0. The van der Waals surface area contributed by atoms with E-state index in [9.17, 15) is 5.11 Å². The van der Waals surface area contributed by atoms with Gasteiger partial charge in [-0.05, 0) is 205 Å². The van der Waals surface area contributed by atoms with Crippen LogP contribution < -0.4 is 0 Å². The third-order valence-corrected chi connectivity index (χ3v) is 9.79. The van der Waals surface area contributed by atoms with Crippen LogP contribution in [0.1, 0.15) is 205 Å². The predicted molar refractivity (Wildman–Crippen MR) is 234 cm³/mol. The van der Waals surface area contributed by atoms with Gasteiger partial charge >= 0.3 is 0 Å². The minimum atomic E-state index is -0.544. The lowest BCUT2D eigenvalue weighted by Crippen LogP contribution is -2.17. The van der Waals surface area contributed by atoms with Crippen molar-refractivity contribution in [3.05, 3.63) is 105 Å². The average Bonchev–Trinajstić information content (AvgIpc) is 3.02. The molecule has 0 saturated carbocycles. The molecule has 1 nitrogen and oxygen atoms in total. The van der Waals surface area contributed by atoms with Crippen LogP contribution >= 0.6 is 0 Å². The quantitative estimate of drug-likeness (QED) is 0.0636. The maximum atomic E-state index is 9.88. The van der Waals surface area contributed by atoms with Gasteiger partial charge in [0.05, 0.1) is 5.60 Å². The van der Waals surface area contributed by atoms with E-state index in [4.69, 9.17) is 0 Å². The smallest absolute Gasteiger partial charge is 0.0591 e. The molecule has 1 N–H and O–H groups in total. The van der Waals surface area contributed by atoms with Gasteiger partial charge in [0.1, 0.15) is 0 Å². The molecule has 1 heteroatoms. The zero-order chi connectivity index (χ0) is 38.5. The fraction of sp³-hybridized carbons (Fsp3) is 0.640. The van der Waals surface area contributed by atoms with Gasteiger partial charge in [0.15, 0.2) is 0 Å². The Bertz CT molecular complexity index is 1220. The maximum Gasteiger partial charge on any atom is 0.0591 e. The summed E-state index contributed by atoms with van der Waals surface area (Å²) in [5.41, 5.74) is 13.0. The molecule has 0 heterocycles. The SMILES string of the molecule is CC(C)=CCC/C(C)=C/CC/C(C)=C/CC/C(C)=C/CC/C(C)=C/CC/C=C(\C)CC/C=C(\C)CC/C=C(\C)CC/C=C(\C)CCCC(C)(C)O. The first-order chi connectivity index (χ1) is 24.1. The molecule has 0 spiro atoms. The first kappa shape index (κ1) is 48.6. The van der Waals surface area contributed by atoms with E-state index in [2.05, 4.69) is 124 Å². The molecule has 0 radical (unpaired) electrons. The second-order valence-electron chi connectivity index (χ2n) is 16.7. The summed E-state index contributed by atoms with van der Waals surface area (Å²) in [6.07, 6.45) is 43.5. The van der Waals surface area contributed by atoms with Gasteiger partial charge in [0.25, 0.3) is 0 Å². The highest BCUT2D eigenvalue weighted by molar-refractivity contribution is 5.10. The maximum absolute atomic E-state index is 9.88. The van der Waals surface area contributed by atoms with Gasteiger partial charge in [-0.25, -0.2) is 0 Å². The van der Waals surface area contributed by atoms with Gasteiger partial charge in [-0.15, -0.1) is 0 Å². The lowest BCUT2D eigenvalue weighted by atomic mass is 9.98. The molecular weight excluding hydrogens is 617 g/mol. The molecule has 0 unspecified atom stereocenters. The second kappa shape index (κ2) is 30.1. The molecule has 0 rings (SSSR count). The van der Waals surface area contributed by atoms with Crippen molar-refractivity contribution in [3.63, 3.8) is 0 Å². The van der Waals surface area contributed by atoms with Crippen LogP contribution in [0, 0.1) is 0 Å². The predicted octanol–water partition coefficient (Wildman–Crippen LogP) is 16.7. The third-order valence-electron chi connectivity index (χ3n) is 9.79. The van der Waals surface area contributed by atoms with Crippen LogP contribution in [0.3, 0.4) is 0 Å². The van der Waals surface area contributed by atoms with Crippen LogP contribution in [0.2, 0.25) is 0 Å². The van der Waals surface area contributed by atoms with Crippen LogP contribution in [0.5, 0.6) is 0 Å². The van der Waals surface area contributed by atoms with E-state index in [1.165, 1.54) is 95.1 Å². The van der Waals surface area contributed by atoms with Crippen molar-refractivity contribution in [2.45, 2.75) is 211 Å². The van der Waals surface area contributed by atoms with Crippen LogP contribution in [0.15, 0.2) is 105 Å². The summed E-state index contributed by atoms with van der Waals surface area (Å²) >= 11 is 0. The van der Waals surface area contributed by atoms with Crippen LogP contribution in [0.25, 0.3) is 0 Å². The highest BCUT2D eigenvalue weighted by atomic mass is 16.3. The molecule has 0 aromatic carbocycles. The lowest BCUT2D eigenvalue weighted by Gasteiger charge is -2.16. The highest BCUT2D eigenvalue weighted by Crippen LogP contribution is 2.19. The number of hydrogen-bond acceptors (Lipinski definition) is 1. The Balaban J connectivity index is 4.21. The molecule has 0 aliphatic carbocycles. The summed E-state index contributed by atoms with van der Waals surface area (Å²) in [6.45, 7) is 26.4. The van der Waals surface area contributed by atoms with Crippen molar-refractivity contribution in [3.8, 4) is 0 Å². The molecule has 0 aliphatic heterocycles. The number of unbranched alkanes of at least 4 members (excludes halogenated alkanes) is 1. The first-order valence-corrected chi connectivity index (χ1v) is 20.7. The molecule has 51 heavy (non-hydrogen) atoms. The summed E-state index contributed by atoms with van der Waals surface area (Å²) in [6, 6.07) is 0. The van der Waals surface area contributed by atoms with Crippen molar-refractivity contribution in [1.29, 1.82) is 0 Å². The van der Waals surface area contributed by atoms with E-state index >= 15 is 0 Å². The Kier molecular flexibility index (Phi) is 28.7. The molecule has 0 aliphatic rings. The Labute approximate surface area is 319 Å². The van der Waals surface area contributed by atoms with E-state index in [1.54, 1.807) is 0 Å². The molecule has 0 fully saturated rings. The zero-order valence-electron chi connectivity index (χ0n) is 36.1. The fourth-order valence-electron chi connectivity index (χ4n) is 6.14. The van der Waals surface area contributed by atoms with E-state index in [-0.39, 0.29) is 0 Å². The summed E-state index contributed by atoms with van der Waals surface area (Å²) in [4.78, 5) is 0. The molecule has 0 atom stereocenters. The summed E-state index contributed by atoms with van der Waals surface area (Å²) in [7, 11) is 0. The second-order valence-corrected chi connectivity index (χ2v) is 16.7. The van der Waals surface area contributed by atoms with Crippen molar-refractivity contribution in [1.82, 2.24) is 0 Å². The molecule has 0 saturated heterocycles. The number of rotatable bonds is 28. The monoisotopic (exact) mass is 701 g/mol. The zero-order valence-corrected chi connectivity index (χ0v) is 36.1. The Morgan fingerprint density at radius 2 is 0.549 bits per heavy atom. The largest absolute Gasteiger partial charge is 0.390 e. The lowest BCUT2D eigenvalue weighted by molar-refractivity contribution is 0.0689. The number of allylic oxidation sites excluding steroid dienone is 18. The topological polar surface area (TPSA) is 20.2 Å². The number of aliphatic hydroxyl groups is 1.